The molecule has 3 rings (SSSR count). The lowest BCUT2D eigenvalue weighted by Gasteiger charge is -2.33. The molecule has 1 atom stereocenters. The van der Waals surface area contributed by atoms with Crippen LogP contribution in [-0.4, -0.2) is 39.1 Å². The Morgan fingerprint density at radius 2 is 2.21 bits per heavy atom. The lowest BCUT2D eigenvalue weighted by molar-refractivity contribution is 0.188. The first-order valence-corrected chi connectivity index (χ1v) is 7.02. The van der Waals surface area contributed by atoms with Crippen molar-refractivity contribution < 1.29 is 0 Å². The SMILES string of the molecule is CCN1CCCC(n2c(N)nc3ccc(C)nc32)C1. The van der Waals surface area contributed by atoms with Crippen molar-refractivity contribution in [2.45, 2.75) is 32.7 Å². The number of hydrogen-bond acceptors (Lipinski definition) is 4. The molecule has 2 aromatic heterocycles. The van der Waals surface area contributed by atoms with Crippen LogP contribution in [0.15, 0.2) is 12.1 Å². The normalized spacial score (nSPS) is 21.1. The van der Waals surface area contributed by atoms with E-state index in [1.165, 1.54) is 13.0 Å². The molecule has 3 heterocycles. The Morgan fingerprint density at radius 3 is 3.00 bits per heavy atom. The second-order valence-electron chi connectivity index (χ2n) is 5.32. The van der Waals surface area contributed by atoms with Crippen LogP contribution in [-0.2, 0) is 0 Å². The summed E-state index contributed by atoms with van der Waals surface area (Å²) in [7, 11) is 0. The number of fused-ring (bicyclic) bond motifs is 1. The highest BCUT2D eigenvalue weighted by Gasteiger charge is 2.24. The van der Waals surface area contributed by atoms with Gasteiger partial charge >= 0.3 is 0 Å². The van der Waals surface area contributed by atoms with Crippen molar-refractivity contribution in [3.63, 3.8) is 0 Å². The molecule has 5 heteroatoms. The molecule has 1 unspecified atom stereocenters. The molecule has 1 aliphatic heterocycles. The standard InChI is InChI=1S/C14H21N5/c1-3-18-8-4-5-11(9-18)19-13-12(17-14(19)15)7-6-10(2)16-13/h6-7,11H,3-5,8-9H2,1-2H3,(H2,15,17). The molecule has 19 heavy (non-hydrogen) atoms. The zero-order valence-electron chi connectivity index (χ0n) is 11.6. The number of aryl methyl sites for hydroxylation is 1. The Hall–Kier alpha value is -1.62. The Balaban J connectivity index is 2.03. The highest BCUT2D eigenvalue weighted by Crippen LogP contribution is 2.28. The first-order chi connectivity index (χ1) is 9.19. The zero-order chi connectivity index (χ0) is 13.4. The van der Waals surface area contributed by atoms with Crippen LogP contribution < -0.4 is 5.73 Å². The third-order valence-electron chi connectivity index (χ3n) is 4.00. The van der Waals surface area contributed by atoms with Crippen LogP contribution in [0, 0.1) is 6.92 Å². The van der Waals surface area contributed by atoms with Gasteiger partial charge in [0.1, 0.15) is 5.52 Å². The quantitative estimate of drug-likeness (QED) is 0.896. The van der Waals surface area contributed by atoms with Crippen LogP contribution in [0.2, 0.25) is 0 Å². The van der Waals surface area contributed by atoms with Crippen molar-refractivity contribution in [1.82, 2.24) is 19.4 Å². The van der Waals surface area contributed by atoms with Crippen LogP contribution >= 0.6 is 0 Å². The van der Waals surface area contributed by atoms with Gasteiger partial charge in [0.2, 0.25) is 5.95 Å². The van der Waals surface area contributed by atoms with Gasteiger partial charge in [-0.2, -0.15) is 0 Å². The van der Waals surface area contributed by atoms with Crippen molar-refractivity contribution in [2.75, 3.05) is 25.4 Å². The Labute approximate surface area is 113 Å². The van der Waals surface area contributed by atoms with E-state index >= 15 is 0 Å². The van der Waals surface area contributed by atoms with Gasteiger partial charge in [0.25, 0.3) is 0 Å². The minimum atomic E-state index is 0.396. The fraction of sp³-hybridized carbons (Fsp3) is 0.571. The average molecular weight is 259 g/mol. The largest absolute Gasteiger partial charge is 0.369 e. The van der Waals surface area contributed by atoms with Crippen LogP contribution in [0.25, 0.3) is 11.2 Å². The van der Waals surface area contributed by atoms with Gasteiger partial charge in [0.05, 0.1) is 6.04 Å². The molecule has 1 saturated heterocycles. The molecular formula is C14H21N5. The van der Waals surface area contributed by atoms with E-state index < -0.39 is 0 Å². The summed E-state index contributed by atoms with van der Waals surface area (Å²) >= 11 is 0. The predicted octanol–water partition coefficient (Wildman–Crippen LogP) is 1.98. The van der Waals surface area contributed by atoms with Gasteiger partial charge in [-0.3, -0.25) is 4.57 Å². The maximum absolute atomic E-state index is 6.11. The smallest absolute Gasteiger partial charge is 0.202 e. The maximum atomic E-state index is 6.11. The molecule has 2 aromatic rings. The summed E-state index contributed by atoms with van der Waals surface area (Å²) in [6, 6.07) is 4.39. The predicted molar refractivity (Wildman–Crippen MR) is 77.1 cm³/mol. The minimum absolute atomic E-state index is 0.396. The maximum Gasteiger partial charge on any atom is 0.202 e. The number of likely N-dealkylation sites (tertiary alicyclic amines) is 1. The first-order valence-electron chi connectivity index (χ1n) is 7.02. The van der Waals surface area contributed by atoms with Crippen LogP contribution in [0.1, 0.15) is 31.5 Å². The zero-order valence-corrected chi connectivity index (χ0v) is 11.6. The molecule has 0 saturated carbocycles. The van der Waals surface area contributed by atoms with Crippen molar-refractivity contribution in [3.8, 4) is 0 Å². The third kappa shape index (κ3) is 2.18. The number of rotatable bonds is 2. The van der Waals surface area contributed by atoms with Crippen LogP contribution in [0.3, 0.4) is 0 Å². The average Bonchev–Trinajstić information content (AvgIpc) is 2.74. The Bertz CT molecular complexity index is 589. The summed E-state index contributed by atoms with van der Waals surface area (Å²) in [5.74, 6) is 0.594. The van der Waals surface area contributed by atoms with Gasteiger partial charge in [-0.15, -0.1) is 0 Å². The number of anilines is 1. The number of pyridine rings is 1. The summed E-state index contributed by atoms with van der Waals surface area (Å²) in [5, 5.41) is 0. The highest BCUT2D eigenvalue weighted by atomic mass is 15.2. The first kappa shape index (κ1) is 12.4. The summed E-state index contributed by atoms with van der Waals surface area (Å²) in [6.45, 7) is 7.54. The van der Waals surface area contributed by atoms with E-state index in [1.54, 1.807) is 0 Å². The van der Waals surface area contributed by atoms with Crippen LogP contribution in [0.4, 0.5) is 5.95 Å². The fourth-order valence-corrected chi connectivity index (χ4v) is 2.98. The summed E-state index contributed by atoms with van der Waals surface area (Å²) in [6.07, 6.45) is 2.37. The van der Waals surface area contributed by atoms with Gasteiger partial charge in [0.15, 0.2) is 5.65 Å². The molecule has 0 spiro atoms. The Kier molecular flexibility index (Phi) is 3.14. The lowest BCUT2D eigenvalue weighted by atomic mass is 10.1. The van der Waals surface area contributed by atoms with E-state index in [2.05, 4.69) is 26.4 Å². The second-order valence-corrected chi connectivity index (χ2v) is 5.32. The van der Waals surface area contributed by atoms with Crippen molar-refractivity contribution in [2.24, 2.45) is 0 Å². The van der Waals surface area contributed by atoms with Crippen molar-refractivity contribution >= 4 is 17.1 Å². The topological polar surface area (TPSA) is 60.0 Å². The molecule has 0 radical (unpaired) electrons. The van der Waals surface area contributed by atoms with E-state index in [4.69, 9.17) is 5.73 Å². The monoisotopic (exact) mass is 259 g/mol. The van der Waals surface area contributed by atoms with Crippen molar-refractivity contribution in [1.29, 1.82) is 0 Å². The molecule has 102 valence electrons. The highest BCUT2D eigenvalue weighted by molar-refractivity contribution is 5.74. The van der Waals surface area contributed by atoms with E-state index in [0.29, 0.717) is 12.0 Å². The number of likely N-dealkylation sites (N-methyl/N-ethyl adjacent to an activating group) is 1. The van der Waals surface area contributed by atoms with E-state index in [-0.39, 0.29) is 0 Å². The van der Waals surface area contributed by atoms with Gasteiger partial charge in [-0.05, 0) is 45.0 Å². The molecule has 0 aliphatic carbocycles. The number of piperidine rings is 1. The molecular weight excluding hydrogens is 238 g/mol. The molecule has 1 fully saturated rings. The molecule has 2 N–H and O–H groups in total. The van der Waals surface area contributed by atoms with E-state index in [1.807, 2.05) is 19.1 Å². The Morgan fingerprint density at radius 1 is 1.37 bits per heavy atom. The number of nitrogens with zero attached hydrogens (tertiary/aromatic N) is 4. The molecule has 0 amide bonds. The second kappa shape index (κ2) is 4.81. The molecule has 0 aromatic carbocycles. The number of imidazole rings is 1. The fourth-order valence-electron chi connectivity index (χ4n) is 2.98. The summed E-state index contributed by atoms with van der Waals surface area (Å²) in [4.78, 5) is 11.5. The number of aromatic nitrogens is 3. The number of nitrogen functional groups attached to an aromatic ring is 1. The minimum Gasteiger partial charge on any atom is -0.369 e. The van der Waals surface area contributed by atoms with Gasteiger partial charge < -0.3 is 10.6 Å². The van der Waals surface area contributed by atoms with Gasteiger partial charge in [-0.25, -0.2) is 9.97 Å². The summed E-state index contributed by atoms with van der Waals surface area (Å²) in [5.41, 5.74) is 8.96. The van der Waals surface area contributed by atoms with Gasteiger partial charge in [0, 0.05) is 12.2 Å². The third-order valence-corrected chi connectivity index (χ3v) is 4.00. The van der Waals surface area contributed by atoms with E-state index in [0.717, 1.165) is 36.4 Å². The lowest BCUT2D eigenvalue weighted by Crippen LogP contribution is -2.36. The summed E-state index contributed by atoms with van der Waals surface area (Å²) < 4.78 is 2.13. The number of nitrogens with two attached hydrogens (primary N) is 1. The molecule has 0 bridgehead atoms. The molecule has 5 nitrogen and oxygen atoms in total. The van der Waals surface area contributed by atoms with E-state index in [9.17, 15) is 0 Å². The van der Waals surface area contributed by atoms with Crippen LogP contribution in [0.5, 0.6) is 0 Å². The number of hydrogen-bond donors (Lipinski definition) is 1. The van der Waals surface area contributed by atoms with Crippen molar-refractivity contribution in [3.05, 3.63) is 17.8 Å². The molecule has 1 aliphatic rings. The van der Waals surface area contributed by atoms with Gasteiger partial charge in [-0.1, -0.05) is 6.92 Å².